The van der Waals surface area contributed by atoms with Crippen molar-refractivity contribution in [1.82, 2.24) is 5.32 Å². The van der Waals surface area contributed by atoms with Gasteiger partial charge < -0.3 is 20.3 Å². The van der Waals surface area contributed by atoms with Crippen LogP contribution in [-0.2, 0) is 0 Å². The lowest BCUT2D eigenvalue weighted by molar-refractivity contribution is 0.0696. The Morgan fingerprint density at radius 3 is 2.90 bits per heavy atom. The third-order valence-electron chi connectivity index (χ3n) is 4.00. The maximum absolute atomic E-state index is 10.9. The van der Waals surface area contributed by atoms with Crippen molar-refractivity contribution >= 4 is 5.97 Å². The van der Waals surface area contributed by atoms with Crippen LogP contribution >= 0.6 is 0 Å². The summed E-state index contributed by atoms with van der Waals surface area (Å²) in [5, 5.41) is 21.7. The zero-order valence-corrected chi connectivity index (χ0v) is 12.1. The lowest BCUT2D eigenvalue weighted by Gasteiger charge is -2.31. The molecule has 0 heterocycles. The molecule has 1 aliphatic rings. The van der Waals surface area contributed by atoms with Gasteiger partial charge in [0, 0.05) is 19.2 Å². The first-order valence-electron chi connectivity index (χ1n) is 7.51. The number of carbonyl (C=O) groups is 1. The van der Waals surface area contributed by atoms with Crippen molar-refractivity contribution in [1.29, 1.82) is 0 Å². The monoisotopic (exact) mass is 293 g/mol. The third-order valence-corrected chi connectivity index (χ3v) is 4.00. The van der Waals surface area contributed by atoms with Crippen LogP contribution in [0.4, 0.5) is 0 Å². The van der Waals surface area contributed by atoms with Gasteiger partial charge in [0.15, 0.2) is 0 Å². The van der Waals surface area contributed by atoms with Crippen LogP contribution in [-0.4, -0.2) is 42.0 Å². The minimum absolute atomic E-state index is 0.230. The minimum atomic E-state index is -0.952. The highest BCUT2D eigenvalue weighted by Gasteiger charge is 2.23. The molecule has 1 aromatic rings. The molecule has 1 fully saturated rings. The van der Waals surface area contributed by atoms with Crippen LogP contribution in [0.1, 0.15) is 36.0 Å². The van der Waals surface area contributed by atoms with Gasteiger partial charge in [-0.2, -0.15) is 0 Å². The Morgan fingerprint density at radius 1 is 1.33 bits per heavy atom. The summed E-state index contributed by atoms with van der Waals surface area (Å²) >= 11 is 0. The fourth-order valence-corrected chi connectivity index (χ4v) is 2.83. The van der Waals surface area contributed by atoms with Gasteiger partial charge in [0.05, 0.1) is 5.56 Å². The molecule has 0 aromatic heterocycles. The van der Waals surface area contributed by atoms with E-state index in [0.717, 1.165) is 12.8 Å². The highest BCUT2D eigenvalue weighted by molar-refractivity contribution is 5.87. The number of hydrogen-bond donors (Lipinski definition) is 3. The Morgan fingerprint density at radius 2 is 2.14 bits per heavy atom. The molecule has 0 spiro atoms. The summed E-state index contributed by atoms with van der Waals surface area (Å²) in [5.41, 5.74) is 0.230. The SMILES string of the molecule is O=C(O)c1cccc(OCCNC2CCCCC2CO)c1. The lowest BCUT2D eigenvalue weighted by Crippen LogP contribution is -2.41. The summed E-state index contributed by atoms with van der Waals surface area (Å²) in [4.78, 5) is 10.9. The Balaban J connectivity index is 1.74. The molecule has 1 saturated carbocycles. The van der Waals surface area contributed by atoms with Gasteiger partial charge in [-0.15, -0.1) is 0 Å². The number of aliphatic hydroxyl groups is 1. The van der Waals surface area contributed by atoms with E-state index < -0.39 is 5.97 Å². The number of aromatic carboxylic acids is 1. The highest BCUT2D eigenvalue weighted by atomic mass is 16.5. The molecule has 1 aliphatic carbocycles. The Bertz CT molecular complexity index is 463. The van der Waals surface area contributed by atoms with E-state index >= 15 is 0 Å². The summed E-state index contributed by atoms with van der Waals surface area (Å²) in [5.74, 6) is -0.0419. The molecular weight excluding hydrogens is 270 g/mol. The molecule has 21 heavy (non-hydrogen) atoms. The van der Waals surface area contributed by atoms with E-state index in [1.165, 1.54) is 18.9 Å². The van der Waals surface area contributed by atoms with Gasteiger partial charge in [0.1, 0.15) is 12.4 Å². The van der Waals surface area contributed by atoms with Crippen LogP contribution in [0.25, 0.3) is 0 Å². The number of carboxylic acids is 1. The van der Waals surface area contributed by atoms with Crippen LogP contribution in [0.5, 0.6) is 5.75 Å². The maximum Gasteiger partial charge on any atom is 0.335 e. The van der Waals surface area contributed by atoms with E-state index in [-0.39, 0.29) is 12.2 Å². The Hall–Kier alpha value is -1.59. The molecule has 116 valence electrons. The summed E-state index contributed by atoms with van der Waals surface area (Å²) in [7, 11) is 0. The molecule has 0 saturated heterocycles. The second kappa shape index (κ2) is 8.00. The Kier molecular flexibility index (Phi) is 6.02. The molecule has 2 atom stereocenters. The summed E-state index contributed by atoms with van der Waals surface area (Å²) in [6, 6.07) is 6.86. The summed E-state index contributed by atoms with van der Waals surface area (Å²) < 4.78 is 5.57. The van der Waals surface area contributed by atoms with Crippen LogP contribution in [0.2, 0.25) is 0 Å². The summed E-state index contributed by atoms with van der Waals surface area (Å²) in [6.07, 6.45) is 4.58. The molecule has 1 aromatic carbocycles. The second-order valence-electron chi connectivity index (χ2n) is 5.47. The number of benzene rings is 1. The Labute approximate surface area is 124 Å². The van der Waals surface area contributed by atoms with Crippen LogP contribution in [0, 0.1) is 5.92 Å². The minimum Gasteiger partial charge on any atom is -0.492 e. The van der Waals surface area contributed by atoms with Crippen molar-refractivity contribution in [3.05, 3.63) is 29.8 Å². The normalized spacial score (nSPS) is 22.0. The van der Waals surface area contributed by atoms with E-state index in [4.69, 9.17) is 9.84 Å². The lowest BCUT2D eigenvalue weighted by atomic mass is 9.85. The number of ether oxygens (including phenoxy) is 1. The van der Waals surface area contributed by atoms with Crippen molar-refractivity contribution in [2.24, 2.45) is 5.92 Å². The molecular formula is C16H23NO4. The molecule has 3 N–H and O–H groups in total. The van der Waals surface area contributed by atoms with Crippen LogP contribution in [0.3, 0.4) is 0 Å². The highest BCUT2D eigenvalue weighted by Crippen LogP contribution is 2.23. The molecule has 0 aliphatic heterocycles. The van der Waals surface area contributed by atoms with Crippen molar-refractivity contribution < 1.29 is 19.7 Å². The fourth-order valence-electron chi connectivity index (χ4n) is 2.83. The van der Waals surface area contributed by atoms with Gasteiger partial charge in [-0.3, -0.25) is 0 Å². The molecule has 5 nitrogen and oxygen atoms in total. The van der Waals surface area contributed by atoms with E-state index in [9.17, 15) is 9.90 Å². The number of aliphatic hydroxyl groups excluding tert-OH is 1. The van der Waals surface area contributed by atoms with Gasteiger partial charge >= 0.3 is 5.97 Å². The predicted molar refractivity (Wildman–Crippen MR) is 79.7 cm³/mol. The van der Waals surface area contributed by atoms with Crippen molar-refractivity contribution in [2.75, 3.05) is 19.8 Å². The average molecular weight is 293 g/mol. The summed E-state index contributed by atoms with van der Waals surface area (Å²) in [6.45, 7) is 1.41. The van der Waals surface area contributed by atoms with Gasteiger partial charge in [-0.05, 0) is 37.0 Å². The quantitative estimate of drug-likeness (QED) is 0.669. The first-order valence-corrected chi connectivity index (χ1v) is 7.51. The van der Waals surface area contributed by atoms with E-state index in [0.29, 0.717) is 30.9 Å². The first kappa shape index (κ1) is 15.8. The van der Waals surface area contributed by atoms with Gasteiger partial charge in [-0.1, -0.05) is 18.9 Å². The molecule has 2 rings (SSSR count). The smallest absolute Gasteiger partial charge is 0.335 e. The van der Waals surface area contributed by atoms with E-state index in [1.54, 1.807) is 18.2 Å². The number of rotatable bonds is 7. The van der Waals surface area contributed by atoms with E-state index in [2.05, 4.69) is 5.32 Å². The van der Waals surface area contributed by atoms with Gasteiger partial charge in [0.25, 0.3) is 0 Å². The molecule has 5 heteroatoms. The average Bonchev–Trinajstić information content (AvgIpc) is 2.52. The maximum atomic E-state index is 10.9. The van der Waals surface area contributed by atoms with Gasteiger partial charge in [0.2, 0.25) is 0 Å². The van der Waals surface area contributed by atoms with Crippen molar-refractivity contribution in [3.63, 3.8) is 0 Å². The zero-order valence-electron chi connectivity index (χ0n) is 12.1. The zero-order chi connectivity index (χ0) is 15.1. The number of carboxylic acid groups (broad SMARTS) is 1. The molecule has 0 bridgehead atoms. The largest absolute Gasteiger partial charge is 0.492 e. The number of hydrogen-bond acceptors (Lipinski definition) is 4. The van der Waals surface area contributed by atoms with Crippen molar-refractivity contribution in [2.45, 2.75) is 31.7 Å². The van der Waals surface area contributed by atoms with Crippen LogP contribution in [0.15, 0.2) is 24.3 Å². The topological polar surface area (TPSA) is 78.8 Å². The molecule has 2 unspecified atom stereocenters. The first-order chi connectivity index (χ1) is 10.2. The standard InChI is InChI=1S/C16H23NO4/c18-11-13-4-1-2-7-15(13)17-8-9-21-14-6-3-5-12(10-14)16(19)20/h3,5-6,10,13,15,17-18H,1-2,4,7-9,11H2,(H,19,20). The van der Waals surface area contributed by atoms with Crippen molar-refractivity contribution in [3.8, 4) is 5.75 Å². The third kappa shape index (κ3) is 4.72. The number of nitrogens with one attached hydrogen (secondary N) is 1. The second-order valence-corrected chi connectivity index (χ2v) is 5.47. The molecule has 0 radical (unpaired) electrons. The van der Waals surface area contributed by atoms with Crippen LogP contribution < -0.4 is 10.1 Å². The molecule has 0 amide bonds. The van der Waals surface area contributed by atoms with Gasteiger partial charge in [-0.25, -0.2) is 4.79 Å². The predicted octanol–water partition coefficient (Wildman–Crippen LogP) is 1.90. The fraction of sp³-hybridized carbons (Fsp3) is 0.562. The van der Waals surface area contributed by atoms with E-state index in [1.807, 2.05) is 0 Å².